The van der Waals surface area contributed by atoms with Crippen LogP contribution in [0.15, 0.2) is 112 Å². The van der Waals surface area contributed by atoms with Gasteiger partial charge in [0.2, 0.25) is 0 Å². The smallest absolute Gasteiger partial charge is 0.137 e. The second kappa shape index (κ2) is 6.81. The van der Waals surface area contributed by atoms with Crippen LogP contribution in [-0.4, -0.2) is 15.0 Å². The Balaban J connectivity index is 1.34. The zero-order valence-electron chi connectivity index (χ0n) is 18.5. The number of benzene rings is 5. The molecule has 0 atom stereocenters. The van der Waals surface area contributed by atoms with E-state index in [1.807, 2.05) is 72.8 Å². The molecule has 35 heavy (non-hydrogen) atoms. The summed E-state index contributed by atoms with van der Waals surface area (Å²) < 4.78 is 12.1. The van der Waals surface area contributed by atoms with Gasteiger partial charge in [-0.05, 0) is 53.6 Å². The summed E-state index contributed by atoms with van der Waals surface area (Å²) in [5.41, 5.74) is 8.21. The minimum absolute atomic E-state index is 0.823. The summed E-state index contributed by atoms with van der Waals surface area (Å²) in [5.74, 6) is 0. The molecular formula is C30H17N3O2. The minimum Gasteiger partial charge on any atom is -0.456 e. The average Bonchev–Trinajstić information content (AvgIpc) is 3.60. The van der Waals surface area contributed by atoms with Crippen molar-refractivity contribution in [2.24, 2.45) is 0 Å². The Hall–Kier alpha value is -4.90. The van der Waals surface area contributed by atoms with E-state index in [0.717, 1.165) is 71.7 Å². The predicted octanol–water partition coefficient (Wildman–Crippen LogP) is 7.89. The first kappa shape index (κ1) is 18.5. The van der Waals surface area contributed by atoms with Gasteiger partial charge in [0.1, 0.15) is 33.4 Å². The number of furan rings is 2. The zero-order valence-corrected chi connectivity index (χ0v) is 18.5. The number of nitrogens with zero attached hydrogens (tertiary/aromatic N) is 3. The summed E-state index contributed by atoms with van der Waals surface area (Å²) >= 11 is 0. The molecule has 3 heterocycles. The van der Waals surface area contributed by atoms with Gasteiger partial charge < -0.3 is 8.83 Å². The summed E-state index contributed by atoms with van der Waals surface area (Å²) in [4.78, 5) is 1.71. The molecule has 0 aliphatic heterocycles. The largest absolute Gasteiger partial charge is 0.456 e. The van der Waals surface area contributed by atoms with E-state index in [2.05, 4.69) is 30.3 Å². The van der Waals surface area contributed by atoms with E-state index in [-0.39, 0.29) is 0 Å². The molecule has 0 aliphatic rings. The van der Waals surface area contributed by atoms with Crippen molar-refractivity contribution in [2.45, 2.75) is 0 Å². The van der Waals surface area contributed by atoms with Gasteiger partial charge >= 0.3 is 0 Å². The molecule has 5 nitrogen and oxygen atoms in total. The van der Waals surface area contributed by atoms with Crippen molar-refractivity contribution < 1.29 is 8.83 Å². The average molecular weight is 451 g/mol. The number of para-hydroxylation sites is 2. The second-order valence-electron chi connectivity index (χ2n) is 8.72. The Morgan fingerprint density at radius 1 is 0.514 bits per heavy atom. The molecule has 8 rings (SSSR count). The molecule has 0 unspecified atom stereocenters. The quantitative estimate of drug-likeness (QED) is 0.268. The van der Waals surface area contributed by atoms with Gasteiger partial charge in [-0.1, -0.05) is 60.7 Å². The molecule has 0 amide bonds. The maximum absolute atomic E-state index is 6.09. The van der Waals surface area contributed by atoms with Gasteiger partial charge in [-0.3, -0.25) is 0 Å². The first-order chi connectivity index (χ1) is 17.3. The van der Waals surface area contributed by atoms with Crippen molar-refractivity contribution in [1.82, 2.24) is 15.0 Å². The molecule has 5 heteroatoms. The fourth-order valence-corrected chi connectivity index (χ4v) is 5.13. The highest BCUT2D eigenvalue weighted by Gasteiger charge is 2.16. The SMILES string of the molecule is c1ccc2c(c1)oc1cccc(-c3ccc4nn(-c5cccc6oc7ccccc7c56)nc4c3)c12. The van der Waals surface area contributed by atoms with Crippen LogP contribution in [-0.2, 0) is 0 Å². The Labute approximate surface area is 198 Å². The Morgan fingerprint density at radius 2 is 1.14 bits per heavy atom. The standard InChI is InChI=1S/C30H17N3O2/c1-3-11-25-20(7-1)29-19(9-5-13-27(29)34-25)18-15-16-22-23(17-18)32-33(31-22)24-10-6-14-28-30(24)21-8-2-4-12-26(21)35-28/h1-17H. The number of hydrogen-bond donors (Lipinski definition) is 0. The first-order valence-electron chi connectivity index (χ1n) is 11.5. The number of aromatic nitrogens is 3. The van der Waals surface area contributed by atoms with Gasteiger partial charge in [0.25, 0.3) is 0 Å². The summed E-state index contributed by atoms with van der Waals surface area (Å²) in [6.45, 7) is 0. The van der Waals surface area contributed by atoms with Crippen molar-refractivity contribution in [3.63, 3.8) is 0 Å². The van der Waals surface area contributed by atoms with Gasteiger partial charge in [-0.15, -0.1) is 15.0 Å². The molecular weight excluding hydrogens is 434 g/mol. The second-order valence-corrected chi connectivity index (χ2v) is 8.72. The highest BCUT2D eigenvalue weighted by molar-refractivity contribution is 6.13. The van der Waals surface area contributed by atoms with Crippen LogP contribution < -0.4 is 0 Å². The van der Waals surface area contributed by atoms with Crippen LogP contribution >= 0.6 is 0 Å². The molecule has 3 aromatic heterocycles. The van der Waals surface area contributed by atoms with Crippen LogP contribution in [0.5, 0.6) is 0 Å². The van der Waals surface area contributed by atoms with E-state index in [4.69, 9.17) is 19.0 Å². The Bertz CT molecular complexity index is 1960. The van der Waals surface area contributed by atoms with E-state index in [1.54, 1.807) is 4.80 Å². The third kappa shape index (κ3) is 2.63. The summed E-state index contributed by atoms with van der Waals surface area (Å²) in [6, 6.07) is 34.6. The fourth-order valence-electron chi connectivity index (χ4n) is 5.13. The van der Waals surface area contributed by atoms with Gasteiger partial charge in [-0.2, -0.15) is 0 Å². The lowest BCUT2D eigenvalue weighted by atomic mass is 9.99. The van der Waals surface area contributed by atoms with Crippen molar-refractivity contribution in [2.75, 3.05) is 0 Å². The van der Waals surface area contributed by atoms with Crippen molar-refractivity contribution in [3.8, 4) is 16.8 Å². The van der Waals surface area contributed by atoms with Crippen molar-refractivity contribution >= 4 is 54.9 Å². The van der Waals surface area contributed by atoms with Crippen molar-refractivity contribution in [3.05, 3.63) is 103 Å². The van der Waals surface area contributed by atoms with Gasteiger partial charge in [0, 0.05) is 16.2 Å². The van der Waals surface area contributed by atoms with Gasteiger partial charge in [0.05, 0.1) is 11.1 Å². The molecule has 0 aliphatic carbocycles. The Kier molecular flexibility index (Phi) is 3.60. The number of hydrogen-bond acceptors (Lipinski definition) is 4. The molecule has 5 aromatic carbocycles. The summed E-state index contributed by atoms with van der Waals surface area (Å²) in [6.07, 6.45) is 0. The van der Waals surface area contributed by atoms with E-state index in [9.17, 15) is 0 Å². The number of fused-ring (bicyclic) bond motifs is 7. The van der Waals surface area contributed by atoms with Gasteiger partial charge in [0.15, 0.2) is 0 Å². The van der Waals surface area contributed by atoms with E-state index in [0.29, 0.717) is 0 Å². The Morgan fingerprint density at radius 3 is 1.94 bits per heavy atom. The van der Waals surface area contributed by atoms with Crippen LogP contribution in [0.4, 0.5) is 0 Å². The predicted molar refractivity (Wildman–Crippen MR) is 139 cm³/mol. The van der Waals surface area contributed by atoms with E-state index < -0.39 is 0 Å². The van der Waals surface area contributed by atoms with E-state index >= 15 is 0 Å². The van der Waals surface area contributed by atoms with Crippen LogP contribution in [0.1, 0.15) is 0 Å². The lowest BCUT2D eigenvalue weighted by Gasteiger charge is -2.03. The molecule has 0 N–H and O–H groups in total. The molecule has 0 saturated heterocycles. The van der Waals surface area contributed by atoms with Crippen LogP contribution in [0.2, 0.25) is 0 Å². The lowest BCUT2D eigenvalue weighted by molar-refractivity contribution is 0.668. The first-order valence-corrected chi connectivity index (χ1v) is 11.5. The zero-order chi connectivity index (χ0) is 22.9. The molecule has 8 aromatic rings. The van der Waals surface area contributed by atoms with Crippen LogP contribution in [0, 0.1) is 0 Å². The van der Waals surface area contributed by atoms with Gasteiger partial charge in [-0.25, -0.2) is 0 Å². The highest BCUT2D eigenvalue weighted by atomic mass is 16.3. The van der Waals surface area contributed by atoms with Crippen molar-refractivity contribution in [1.29, 1.82) is 0 Å². The van der Waals surface area contributed by atoms with Crippen LogP contribution in [0.3, 0.4) is 0 Å². The molecule has 0 fully saturated rings. The van der Waals surface area contributed by atoms with Crippen LogP contribution in [0.25, 0.3) is 71.7 Å². The highest BCUT2D eigenvalue weighted by Crippen LogP contribution is 2.37. The third-order valence-electron chi connectivity index (χ3n) is 6.69. The number of rotatable bonds is 2. The fraction of sp³-hybridized carbons (Fsp3) is 0. The molecule has 0 spiro atoms. The molecule has 164 valence electrons. The monoisotopic (exact) mass is 451 g/mol. The molecule has 0 bridgehead atoms. The summed E-state index contributed by atoms with van der Waals surface area (Å²) in [5, 5.41) is 14.0. The van der Waals surface area contributed by atoms with E-state index in [1.165, 1.54) is 0 Å². The lowest BCUT2D eigenvalue weighted by Crippen LogP contribution is -1.98. The maximum Gasteiger partial charge on any atom is 0.137 e. The molecule has 0 radical (unpaired) electrons. The third-order valence-corrected chi connectivity index (χ3v) is 6.69. The normalized spacial score (nSPS) is 12.0. The summed E-state index contributed by atoms with van der Waals surface area (Å²) in [7, 11) is 0. The molecule has 0 saturated carbocycles. The maximum atomic E-state index is 6.09. The topological polar surface area (TPSA) is 57.0 Å². The minimum atomic E-state index is 0.823.